The van der Waals surface area contributed by atoms with Gasteiger partial charge in [0.15, 0.2) is 23.0 Å². The van der Waals surface area contributed by atoms with Crippen LogP contribution in [0.2, 0.25) is 10.0 Å². The predicted molar refractivity (Wildman–Crippen MR) is 123 cm³/mol. The number of carbonyl (C=O) groups is 1. The summed E-state index contributed by atoms with van der Waals surface area (Å²) in [5.41, 5.74) is 3.92. The Bertz CT molecular complexity index is 1380. The summed E-state index contributed by atoms with van der Waals surface area (Å²) >= 11 is 12.1. The minimum absolute atomic E-state index is 0.152. The number of benzene rings is 2. The van der Waals surface area contributed by atoms with Crippen molar-refractivity contribution in [2.45, 2.75) is 20.4 Å². The van der Waals surface area contributed by atoms with Gasteiger partial charge in [-0.25, -0.2) is 0 Å². The molecular formula is C23H18Cl2N4O4. The Balaban J connectivity index is 1.33. The first-order chi connectivity index (χ1) is 15.9. The molecule has 1 aliphatic rings. The van der Waals surface area contributed by atoms with Crippen LogP contribution < -0.4 is 14.8 Å². The van der Waals surface area contributed by atoms with Gasteiger partial charge in [-0.3, -0.25) is 9.48 Å². The number of aromatic nitrogens is 3. The van der Waals surface area contributed by atoms with E-state index in [0.29, 0.717) is 45.2 Å². The maximum atomic E-state index is 12.9. The van der Waals surface area contributed by atoms with E-state index in [0.717, 1.165) is 16.8 Å². The van der Waals surface area contributed by atoms with Crippen LogP contribution in [0.25, 0.3) is 11.3 Å². The van der Waals surface area contributed by atoms with Crippen molar-refractivity contribution in [1.82, 2.24) is 14.9 Å². The van der Waals surface area contributed by atoms with Gasteiger partial charge in [0.25, 0.3) is 5.91 Å². The largest absolute Gasteiger partial charge is 0.454 e. The lowest BCUT2D eigenvalue weighted by Gasteiger charge is -2.07. The summed E-state index contributed by atoms with van der Waals surface area (Å²) < 4.78 is 17.9. The zero-order chi connectivity index (χ0) is 23.1. The smallest absolute Gasteiger partial charge is 0.277 e. The Morgan fingerprint density at radius 1 is 1.06 bits per heavy atom. The van der Waals surface area contributed by atoms with Crippen LogP contribution in [0.3, 0.4) is 0 Å². The lowest BCUT2D eigenvalue weighted by Crippen LogP contribution is -2.13. The van der Waals surface area contributed by atoms with Crippen LogP contribution in [0.5, 0.6) is 11.5 Å². The summed E-state index contributed by atoms with van der Waals surface area (Å²) in [6.45, 7) is 4.38. The van der Waals surface area contributed by atoms with E-state index in [1.807, 2.05) is 26.0 Å². The van der Waals surface area contributed by atoms with Crippen molar-refractivity contribution in [3.05, 3.63) is 75.2 Å². The molecular weight excluding hydrogens is 467 g/mol. The van der Waals surface area contributed by atoms with Crippen LogP contribution >= 0.6 is 23.2 Å². The zero-order valence-corrected chi connectivity index (χ0v) is 19.2. The first-order valence-corrected chi connectivity index (χ1v) is 10.8. The molecule has 0 unspecified atom stereocenters. The van der Waals surface area contributed by atoms with E-state index in [1.54, 1.807) is 35.0 Å². The standard InChI is InChI=1S/C23H18Cl2N4O4/c1-12-22(13(2)29(27-12)10-14-3-5-16(24)17(25)7-14)26-23(30)18-9-20(33-28-18)15-4-6-19-21(8-15)32-11-31-19/h3-9H,10-11H2,1-2H3,(H,26,30). The fraction of sp³-hybridized carbons (Fsp3) is 0.174. The van der Waals surface area contributed by atoms with Crippen molar-refractivity contribution >= 4 is 34.8 Å². The number of amides is 1. The molecule has 0 atom stereocenters. The highest BCUT2D eigenvalue weighted by Crippen LogP contribution is 2.36. The van der Waals surface area contributed by atoms with Crippen molar-refractivity contribution in [2.75, 3.05) is 12.1 Å². The first-order valence-electron chi connectivity index (χ1n) is 10.0. The van der Waals surface area contributed by atoms with Crippen molar-refractivity contribution in [2.24, 2.45) is 0 Å². The van der Waals surface area contributed by atoms with Gasteiger partial charge < -0.3 is 19.3 Å². The lowest BCUT2D eigenvalue weighted by molar-refractivity contribution is 0.101. The van der Waals surface area contributed by atoms with E-state index in [-0.39, 0.29) is 12.5 Å². The predicted octanol–water partition coefficient (Wildman–Crippen LogP) is 5.49. The van der Waals surface area contributed by atoms with Crippen LogP contribution in [0, 0.1) is 13.8 Å². The maximum absolute atomic E-state index is 12.9. The van der Waals surface area contributed by atoms with Crippen molar-refractivity contribution in [3.8, 4) is 22.8 Å². The number of ether oxygens (including phenoxy) is 2. The van der Waals surface area contributed by atoms with Gasteiger partial charge in [0.2, 0.25) is 6.79 Å². The summed E-state index contributed by atoms with van der Waals surface area (Å²) in [5, 5.41) is 12.3. The summed E-state index contributed by atoms with van der Waals surface area (Å²) in [6, 6.07) is 12.4. The van der Waals surface area contributed by atoms with Crippen LogP contribution in [-0.2, 0) is 6.54 Å². The molecule has 3 heterocycles. The summed E-state index contributed by atoms with van der Waals surface area (Å²) in [7, 11) is 0. The maximum Gasteiger partial charge on any atom is 0.277 e. The molecule has 0 saturated heterocycles. The van der Waals surface area contributed by atoms with Gasteiger partial charge in [-0.05, 0) is 49.7 Å². The quantitative estimate of drug-likeness (QED) is 0.402. The molecule has 1 N–H and O–H groups in total. The molecule has 5 rings (SSSR count). The van der Waals surface area contributed by atoms with Crippen LogP contribution in [0.1, 0.15) is 27.4 Å². The third kappa shape index (κ3) is 4.15. The molecule has 0 aliphatic carbocycles. The number of hydrogen-bond acceptors (Lipinski definition) is 6. The number of fused-ring (bicyclic) bond motifs is 1. The highest BCUT2D eigenvalue weighted by molar-refractivity contribution is 6.42. The van der Waals surface area contributed by atoms with Crippen LogP contribution in [-0.4, -0.2) is 27.6 Å². The molecule has 0 bridgehead atoms. The van der Waals surface area contributed by atoms with Gasteiger partial charge in [0.05, 0.1) is 33.7 Å². The van der Waals surface area contributed by atoms with Crippen molar-refractivity contribution in [1.29, 1.82) is 0 Å². The second-order valence-corrected chi connectivity index (χ2v) is 8.36. The molecule has 10 heteroatoms. The fourth-order valence-electron chi connectivity index (χ4n) is 3.59. The highest BCUT2D eigenvalue weighted by Gasteiger charge is 2.20. The number of nitrogens with one attached hydrogen (secondary N) is 1. The van der Waals surface area contributed by atoms with E-state index in [1.165, 1.54) is 0 Å². The molecule has 1 amide bonds. The topological polar surface area (TPSA) is 91.4 Å². The van der Waals surface area contributed by atoms with Gasteiger partial charge in [-0.2, -0.15) is 5.10 Å². The molecule has 8 nitrogen and oxygen atoms in total. The molecule has 2 aromatic heterocycles. The van der Waals surface area contributed by atoms with E-state index >= 15 is 0 Å². The number of halogens is 2. The van der Waals surface area contributed by atoms with Gasteiger partial charge in [-0.1, -0.05) is 34.4 Å². The molecule has 33 heavy (non-hydrogen) atoms. The third-order valence-corrected chi connectivity index (χ3v) is 6.08. The summed E-state index contributed by atoms with van der Waals surface area (Å²) in [4.78, 5) is 12.9. The number of carbonyl (C=O) groups excluding carboxylic acids is 1. The Hall–Kier alpha value is -3.49. The molecule has 1 aliphatic heterocycles. The Morgan fingerprint density at radius 3 is 2.70 bits per heavy atom. The minimum Gasteiger partial charge on any atom is -0.454 e. The van der Waals surface area contributed by atoms with Gasteiger partial charge in [0.1, 0.15) is 0 Å². The van der Waals surface area contributed by atoms with E-state index in [4.69, 9.17) is 37.2 Å². The van der Waals surface area contributed by atoms with Crippen LogP contribution in [0.15, 0.2) is 47.0 Å². The molecule has 0 radical (unpaired) electrons. The molecule has 168 valence electrons. The van der Waals surface area contributed by atoms with Crippen molar-refractivity contribution in [3.63, 3.8) is 0 Å². The summed E-state index contributed by atoms with van der Waals surface area (Å²) in [6.07, 6.45) is 0. The SMILES string of the molecule is Cc1nn(Cc2ccc(Cl)c(Cl)c2)c(C)c1NC(=O)c1cc(-c2ccc3c(c2)OCO3)on1. The molecule has 0 saturated carbocycles. The number of aryl methyl sites for hydroxylation is 1. The van der Waals surface area contributed by atoms with E-state index in [9.17, 15) is 4.79 Å². The Kier molecular flexibility index (Phi) is 5.47. The van der Waals surface area contributed by atoms with Gasteiger partial charge in [0, 0.05) is 11.6 Å². The second kappa shape index (κ2) is 8.46. The fourth-order valence-corrected chi connectivity index (χ4v) is 3.91. The Labute approximate surface area is 199 Å². The number of nitrogens with zero attached hydrogens (tertiary/aromatic N) is 3. The zero-order valence-electron chi connectivity index (χ0n) is 17.7. The van der Waals surface area contributed by atoms with E-state index in [2.05, 4.69) is 15.6 Å². The van der Waals surface area contributed by atoms with E-state index < -0.39 is 5.91 Å². The molecule has 0 fully saturated rings. The summed E-state index contributed by atoms with van der Waals surface area (Å²) in [5.74, 6) is 1.34. The highest BCUT2D eigenvalue weighted by atomic mass is 35.5. The third-order valence-electron chi connectivity index (χ3n) is 5.34. The normalized spacial score (nSPS) is 12.2. The second-order valence-electron chi connectivity index (χ2n) is 7.55. The van der Waals surface area contributed by atoms with Crippen LogP contribution in [0.4, 0.5) is 5.69 Å². The lowest BCUT2D eigenvalue weighted by atomic mass is 10.1. The Morgan fingerprint density at radius 2 is 1.88 bits per heavy atom. The monoisotopic (exact) mass is 484 g/mol. The average molecular weight is 485 g/mol. The molecule has 2 aromatic carbocycles. The molecule has 4 aromatic rings. The number of rotatable bonds is 5. The minimum atomic E-state index is -0.397. The average Bonchev–Trinajstić information content (AvgIpc) is 3.52. The molecule has 0 spiro atoms. The number of hydrogen-bond donors (Lipinski definition) is 1. The first kappa shape index (κ1) is 21.4. The van der Waals surface area contributed by atoms with Gasteiger partial charge >= 0.3 is 0 Å². The van der Waals surface area contributed by atoms with Crippen molar-refractivity contribution < 1.29 is 18.8 Å². The van der Waals surface area contributed by atoms with Gasteiger partial charge in [-0.15, -0.1) is 0 Å². The number of anilines is 1.